The average molecular weight is 166 g/mol. The number of nitrogens with zero attached hydrogens (tertiary/aromatic N) is 2. The standard InChI is InChI=1S/C7H10N4O/c1-4-12-11-6(1)7-5-8-2-3-10(7)9-11/h1,4,8-9H,2-3,5H2. The molecule has 0 aromatic heterocycles. The molecule has 3 heterocycles. The number of rotatable bonds is 0. The van der Waals surface area contributed by atoms with Gasteiger partial charge in [0.1, 0.15) is 12.0 Å². The van der Waals surface area contributed by atoms with E-state index in [9.17, 15) is 0 Å². The molecule has 0 aromatic rings. The number of piperazine rings is 1. The molecule has 1 fully saturated rings. The average Bonchev–Trinajstić information content (AvgIpc) is 2.62. The smallest absolute Gasteiger partial charge is 0.123 e. The van der Waals surface area contributed by atoms with E-state index in [2.05, 4.69) is 15.9 Å². The Morgan fingerprint density at radius 2 is 2.50 bits per heavy atom. The van der Waals surface area contributed by atoms with Crippen molar-refractivity contribution in [2.24, 2.45) is 0 Å². The summed E-state index contributed by atoms with van der Waals surface area (Å²) in [5.41, 5.74) is 5.50. The molecule has 64 valence electrons. The molecule has 1 saturated heterocycles. The van der Waals surface area contributed by atoms with Gasteiger partial charge in [-0.3, -0.25) is 5.01 Å². The van der Waals surface area contributed by atoms with Crippen LogP contribution in [0, 0.1) is 0 Å². The SMILES string of the molecule is C1=CC2=C3CNCCN3NN2O1. The van der Waals surface area contributed by atoms with Gasteiger partial charge < -0.3 is 10.2 Å². The van der Waals surface area contributed by atoms with Gasteiger partial charge in [0.25, 0.3) is 0 Å². The van der Waals surface area contributed by atoms with Crippen molar-refractivity contribution in [3.63, 3.8) is 0 Å². The highest BCUT2D eigenvalue weighted by atomic mass is 16.7. The third-order valence-corrected chi connectivity index (χ3v) is 2.25. The molecule has 0 amide bonds. The second-order valence-corrected chi connectivity index (χ2v) is 2.96. The minimum atomic E-state index is 0.909. The summed E-state index contributed by atoms with van der Waals surface area (Å²) in [5.74, 6) is 0. The lowest BCUT2D eigenvalue weighted by Crippen LogP contribution is -2.47. The number of nitrogens with one attached hydrogen (secondary N) is 2. The molecule has 3 rings (SSSR count). The maximum Gasteiger partial charge on any atom is 0.123 e. The van der Waals surface area contributed by atoms with E-state index in [-0.39, 0.29) is 0 Å². The Morgan fingerprint density at radius 3 is 3.50 bits per heavy atom. The van der Waals surface area contributed by atoms with E-state index in [1.807, 2.05) is 6.08 Å². The normalized spacial score (nSPS) is 26.0. The monoisotopic (exact) mass is 166 g/mol. The molecule has 0 aromatic carbocycles. The summed E-state index contributed by atoms with van der Waals surface area (Å²) in [5, 5.41) is 7.10. The number of fused-ring (bicyclic) bond motifs is 2. The Kier molecular flexibility index (Phi) is 1.13. The largest absolute Gasteiger partial charge is 0.370 e. The molecule has 2 N–H and O–H groups in total. The van der Waals surface area contributed by atoms with Crippen molar-refractivity contribution in [1.29, 1.82) is 0 Å². The fourth-order valence-corrected chi connectivity index (χ4v) is 1.65. The number of allylic oxidation sites excluding steroid dienone is 1. The Bertz CT molecular complexity index is 273. The van der Waals surface area contributed by atoms with Crippen molar-refractivity contribution in [3.8, 4) is 0 Å². The van der Waals surface area contributed by atoms with Crippen LogP contribution in [-0.2, 0) is 4.84 Å². The fourth-order valence-electron chi connectivity index (χ4n) is 1.65. The molecule has 0 unspecified atom stereocenters. The van der Waals surface area contributed by atoms with Gasteiger partial charge in [0.15, 0.2) is 0 Å². The summed E-state index contributed by atoms with van der Waals surface area (Å²) in [7, 11) is 0. The van der Waals surface area contributed by atoms with Crippen molar-refractivity contribution in [2.75, 3.05) is 19.6 Å². The van der Waals surface area contributed by atoms with E-state index in [0.29, 0.717) is 0 Å². The Hall–Kier alpha value is -1.20. The van der Waals surface area contributed by atoms with Crippen molar-refractivity contribution >= 4 is 0 Å². The zero-order valence-electron chi connectivity index (χ0n) is 6.58. The summed E-state index contributed by atoms with van der Waals surface area (Å²) in [4.78, 5) is 5.18. The van der Waals surface area contributed by atoms with Gasteiger partial charge in [-0.05, 0) is 0 Å². The molecule has 0 saturated carbocycles. The quantitative estimate of drug-likeness (QED) is 0.498. The van der Waals surface area contributed by atoms with Crippen LogP contribution in [-0.4, -0.2) is 29.8 Å². The third kappa shape index (κ3) is 0.693. The molecular weight excluding hydrogens is 156 g/mol. The van der Waals surface area contributed by atoms with Crippen LogP contribution >= 0.6 is 0 Å². The van der Waals surface area contributed by atoms with Crippen LogP contribution in [0.1, 0.15) is 0 Å². The summed E-state index contributed by atoms with van der Waals surface area (Å²) in [6, 6.07) is 0. The molecule has 5 nitrogen and oxygen atoms in total. The van der Waals surface area contributed by atoms with Gasteiger partial charge in [-0.1, -0.05) is 0 Å². The summed E-state index contributed by atoms with van der Waals surface area (Å²) in [6.07, 6.45) is 3.65. The van der Waals surface area contributed by atoms with Gasteiger partial charge in [-0.25, -0.2) is 0 Å². The molecule has 0 atom stereocenters. The van der Waals surface area contributed by atoms with Crippen molar-refractivity contribution in [3.05, 3.63) is 23.7 Å². The highest BCUT2D eigenvalue weighted by molar-refractivity contribution is 5.28. The zero-order chi connectivity index (χ0) is 7.97. The molecule has 3 aliphatic heterocycles. The first-order valence-corrected chi connectivity index (χ1v) is 4.06. The Labute approximate surface area is 70.2 Å². The molecule has 5 heteroatoms. The van der Waals surface area contributed by atoms with Gasteiger partial charge in [0.2, 0.25) is 0 Å². The number of hydrogen-bond donors (Lipinski definition) is 2. The number of hydrogen-bond acceptors (Lipinski definition) is 5. The first kappa shape index (κ1) is 6.33. The molecule has 0 spiro atoms. The molecule has 3 aliphatic rings. The topological polar surface area (TPSA) is 39.8 Å². The van der Waals surface area contributed by atoms with Gasteiger partial charge in [0.05, 0.1) is 5.70 Å². The van der Waals surface area contributed by atoms with Crippen LogP contribution in [0.4, 0.5) is 0 Å². The molecule has 0 radical (unpaired) electrons. The molecule has 12 heavy (non-hydrogen) atoms. The van der Waals surface area contributed by atoms with Gasteiger partial charge in [-0.15, -0.1) is 10.7 Å². The zero-order valence-corrected chi connectivity index (χ0v) is 6.58. The van der Waals surface area contributed by atoms with Crippen molar-refractivity contribution in [1.82, 2.24) is 21.0 Å². The molecular formula is C7H10N4O. The second-order valence-electron chi connectivity index (χ2n) is 2.96. The highest BCUT2D eigenvalue weighted by Crippen LogP contribution is 2.25. The van der Waals surface area contributed by atoms with Gasteiger partial charge >= 0.3 is 0 Å². The lowest BCUT2D eigenvalue weighted by Gasteiger charge is -2.27. The highest BCUT2D eigenvalue weighted by Gasteiger charge is 2.32. The Morgan fingerprint density at radius 1 is 1.50 bits per heavy atom. The van der Waals surface area contributed by atoms with E-state index in [0.717, 1.165) is 25.3 Å². The first-order chi connectivity index (χ1) is 5.95. The van der Waals surface area contributed by atoms with Crippen LogP contribution in [0.5, 0.6) is 0 Å². The van der Waals surface area contributed by atoms with E-state index >= 15 is 0 Å². The predicted octanol–water partition coefficient (Wildman–Crippen LogP) is -0.703. The summed E-state index contributed by atoms with van der Waals surface area (Å²) in [6.45, 7) is 2.90. The molecule has 0 bridgehead atoms. The van der Waals surface area contributed by atoms with Crippen LogP contribution < -0.4 is 10.9 Å². The van der Waals surface area contributed by atoms with E-state index in [1.54, 1.807) is 11.4 Å². The summed E-state index contributed by atoms with van der Waals surface area (Å²) >= 11 is 0. The van der Waals surface area contributed by atoms with E-state index in [1.165, 1.54) is 5.70 Å². The fraction of sp³-hybridized carbons (Fsp3) is 0.429. The van der Waals surface area contributed by atoms with E-state index < -0.39 is 0 Å². The lowest BCUT2D eigenvalue weighted by atomic mass is 10.2. The van der Waals surface area contributed by atoms with Crippen molar-refractivity contribution < 1.29 is 4.84 Å². The van der Waals surface area contributed by atoms with Gasteiger partial charge in [0, 0.05) is 25.7 Å². The predicted molar refractivity (Wildman–Crippen MR) is 41.8 cm³/mol. The molecule has 0 aliphatic carbocycles. The maximum absolute atomic E-state index is 5.18. The van der Waals surface area contributed by atoms with Crippen LogP contribution in [0.3, 0.4) is 0 Å². The Balaban J connectivity index is 1.99. The van der Waals surface area contributed by atoms with Crippen LogP contribution in [0.2, 0.25) is 0 Å². The minimum absolute atomic E-state index is 0.909. The van der Waals surface area contributed by atoms with Crippen molar-refractivity contribution in [2.45, 2.75) is 0 Å². The lowest BCUT2D eigenvalue weighted by molar-refractivity contribution is -0.126. The van der Waals surface area contributed by atoms with E-state index in [4.69, 9.17) is 4.84 Å². The second kappa shape index (κ2) is 2.15. The number of hydrazine groups is 2. The van der Waals surface area contributed by atoms with Gasteiger partial charge in [-0.2, -0.15) is 0 Å². The van der Waals surface area contributed by atoms with Crippen LogP contribution in [0.15, 0.2) is 23.7 Å². The first-order valence-electron chi connectivity index (χ1n) is 4.06. The minimum Gasteiger partial charge on any atom is -0.370 e. The third-order valence-electron chi connectivity index (χ3n) is 2.25. The number of hydroxylamine groups is 1. The summed E-state index contributed by atoms with van der Waals surface area (Å²) < 4.78 is 0. The maximum atomic E-state index is 5.18. The van der Waals surface area contributed by atoms with Crippen LogP contribution in [0.25, 0.3) is 0 Å².